The third-order valence-electron chi connectivity index (χ3n) is 3.50. The Balaban J connectivity index is 1.76. The Morgan fingerprint density at radius 2 is 1.96 bits per heavy atom. The van der Waals surface area contributed by atoms with Gasteiger partial charge in [-0.1, -0.05) is 11.6 Å². The van der Waals surface area contributed by atoms with E-state index < -0.39 is 15.6 Å². The van der Waals surface area contributed by atoms with Crippen molar-refractivity contribution >= 4 is 54.6 Å². The maximum Gasteiger partial charge on any atom is 0.285 e. The van der Waals surface area contributed by atoms with Gasteiger partial charge in [0.25, 0.3) is 15.6 Å². The van der Waals surface area contributed by atoms with Crippen LogP contribution in [0.1, 0.15) is 0 Å². The number of H-pyrrole nitrogens is 1. The Bertz CT molecular complexity index is 874. The van der Waals surface area contributed by atoms with E-state index in [0.29, 0.717) is 36.1 Å². The van der Waals surface area contributed by atoms with Gasteiger partial charge >= 0.3 is 0 Å². The van der Waals surface area contributed by atoms with Crippen LogP contribution in [0.5, 0.6) is 0 Å². The van der Waals surface area contributed by atoms with E-state index in [1.165, 1.54) is 21.8 Å². The summed E-state index contributed by atoms with van der Waals surface area (Å²) in [6.45, 7) is 1.52. The fraction of sp³-hybridized carbons (Fsp3) is 0.333. The average Bonchev–Trinajstić information content (AvgIpc) is 2.98. The lowest BCUT2D eigenvalue weighted by molar-refractivity contribution is 0.385. The van der Waals surface area contributed by atoms with Crippen LogP contribution in [0.3, 0.4) is 0 Å². The van der Waals surface area contributed by atoms with E-state index in [2.05, 4.69) is 26.1 Å². The maximum atomic E-state index is 12.6. The lowest BCUT2D eigenvalue weighted by Gasteiger charge is -2.35. The largest absolute Gasteiger partial charge is 0.366 e. The number of rotatable bonds is 3. The monoisotopic (exact) mass is 438 g/mol. The molecule has 1 saturated heterocycles. The molecule has 11 heteroatoms. The zero-order valence-corrected chi connectivity index (χ0v) is 15.7. The van der Waals surface area contributed by atoms with Crippen LogP contribution in [0.4, 0.5) is 5.69 Å². The van der Waals surface area contributed by atoms with Crippen LogP contribution in [-0.2, 0) is 10.0 Å². The molecule has 0 aromatic carbocycles. The van der Waals surface area contributed by atoms with Gasteiger partial charge in [-0.2, -0.15) is 9.40 Å². The molecule has 23 heavy (non-hydrogen) atoms. The molecule has 7 nitrogen and oxygen atoms in total. The summed E-state index contributed by atoms with van der Waals surface area (Å²) < 4.78 is 27.7. The number of hydrogen-bond donors (Lipinski definition) is 1. The van der Waals surface area contributed by atoms with Gasteiger partial charge in [0.15, 0.2) is 0 Å². The molecule has 3 heterocycles. The molecule has 0 spiro atoms. The first-order chi connectivity index (χ1) is 10.9. The molecule has 1 aliphatic rings. The van der Waals surface area contributed by atoms with E-state index >= 15 is 0 Å². The van der Waals surface area contributed by atoms with E-state index in [1.54, 1.807) is 12.1 Å². The molecule has 0 saturated carbocycles. The number of piperazine rings is 1. The molecular formula is C12H12BrClN4O3S2. The fourth-order valence-electron chi connectivity index (χ4n) is 2.33. The first-order valence-corrected chi connectivity index (χ1v) is 10.1. The molecule has 1 aliphatic heterocycles. The number of aromatic nitrogens is 2. The van der Waals surface area contributed by atoms with E-state index in [0.717, 1.165) is 3.79 Å². The van der Waals surface area contributed by atoms with Crippen molar-refractivity contribution in [3.63, 3.8) is 0 Å². The van der Waals surface area contributed by atoms with Crippen LogP contribution in [0.2, 0.25) is 5.02 Å². The molecule has 0 atom stereocenters. The van der Waals surface area contributed by atoms with Gasteiger partial charge in [0, 0.05) is 26.2 Å². The number of sulfonamides is 1. The number of thiophene rings is 1. The second-order valence-corrected chi connectivity index (χ2v) is 9.85. The molecule has 124 valence electrons. The van der Waals surface area contributed by atoms with Crippen LogP contribution in [-0.4, -0.2) is 49.1 Å². The lowest BCUT2D eigenvalue weighted by Crippen LogP contribution is -2.48. The molecule has 2 aromatic rings. The standard InChI is InChI=1S/C12H12BrClN4O3S2/c13-9-1-2-10(22-9)23(20,21)18-5-3-17(4-6-18)8-7-15-16-12(19)11(8)14/h1-2,7H,3-6H2,(H,16,19). The van der Waals surface area contributed by atoms with Crippen LogP contribution in [0.15, 0.2) is 31.1 Å². The minimum atomic E-state index is -3.49. The van der Waals surface area contributed by atoms with Crippen molar-refractivity contribution in [3.05, 3.63) is 37.5 Å². The molecule has 0 bridgehead atoms. The lowest BCUT2D eigenvalue weighted by atomic mass is 10.3. The zero-order chi connectivity index (χ0) is 16.6. The summed E-state index contributed by atoms with van der Waals surface area (Å²) in [5.41, 5.74) is 0.0639. The van der Waals surface area contributed by atoms with Gasteiger partial charge in [0.05, 0.1) is 15.7 Å². The number of nitrogens with zero attached hydrogens (tertiary/aromatic N) is 3. The van der Waals surface area contributed by atoms with E-state index in [1.807, 2.05) is 4.90 Å². The van der Waals surface area contributed by atoms with Crippen molar-refractivity contribution < 1.29 is 8.42 Å². The summed E-state index contributed by atoms with van der Waals surface area (Å²) >= 11 is 10.5. The molecule has 0 amide bonds. The van der Waals surface area contributed by atoms with E-state index in [-0.39, 0.29) is 5.02 Å². The second-order valence-electron chi connectivity index (χ2n) is 4.85. The zero-order valence-electron chi connectivity index (χ0n) is 11.7. The topological polar surface area (TPSA) is 86.4 Å². The van der Waals surface area contributed by atoms with Gasteiger partial charge in [-0.25, -0.2) is 13.5 Å². The Labute approximate surface area is 150 Å². The second kappa shape index (κ2) is 6.52. The van der Waals surface area contributed by atoms with Crippen LogP contribution >= 0.6 is 38.9 Å². The average molecular weight is 440 g/mol. The van der Waals surface area contributed by atoms with Crippen LogP contribution in [0.25, 0.3) is 0 Å². The predicted molar refractivity (Wildman–Crippen MR) is 92.9 cm³/mol. The van der Waals surface area contributed by atoms with Crippen molar-refractivity contribution in [1.82, 2.24) is 14.5 Å². The summed E-state index contributed by atoms with van der Waals surface area (Å²) in [6.07, 6.45) is 1.48. The fourth-order valence-corrected chi connectivity index (χ4v) is 6.12. The summed E-state index contributed by atoms with van der Waals surface area (Å²) in [6, 6.07) is 3.31. The number of halogens is 2. The maximum absolute atomic E-state index is 12.6. The van der Waals surface area contributed by atoms with Crippen molar-refractivity contribution in [2.75, 3.05) is 31.1 Å². The van der Waals surface area contributed by atoms with Gasteiger partial charge in [0.1, 0.15) is 9.23 Å². The normalized spacial score (nSPS) is 16.7. The Morgan fingerprint density at radius 3 is 2.57 bits per heavy atom. The third kappa shape index (κ3) is 3.31. The predicted octanol–water partition coefficient (Wildman–Crippen LogP) is 1.76. The minimum Gasteiger partial charge on any atom is -0.366 e. The van der Waals surface area contributed by atoms with Gasteiger partial charge in [-0.05, 0) is 28.1 Å². The highest BCUT2D eigenvalue weighted by atomic mass is 79.9. The molecule has 2 aromatic heterocycles. The Hall–Kier alpha value is -0.940. The third-order valence-corrected chi connectivity index (χ3v) is 7.85. The van der Waals surface area contributed by atoms with Crippen molar-refractivity contribution in [2.45, 2.75) is 4.21 Å². The SMILES string of the molecule is O=c1[nH]ncc(N2CCN(S(=O)(=O)c3ccc(Br)s3)CC2)c1Cl. The van der Waals surface area contributed by atoms with E-state index in [4.69, 9.17) is 11.6 Å². The molecule has 0 aliphatic carbocycles. The number of hydrogen-bond acceptors (Lipinski definition) is 6. The first-order valence-electron chi connectivity index (χ1n) is 6.63. The molecule has 1 fully saturated rings. The molecule has 1 N–H and O–H groups in total. The Morgan fingerprint density at radius 1 is 1.26 bits per heavy atom. The Kier molecular flexibility index (Phi) is 4.79. The van der Waals surface area contributed by atoms with Gasteiger partial charge in [-0.15, -0.1) is 11.3 Å². The van der Waals surface area contributed by atoms with Gasteiger partial charge in [-0.3, -0.25) is 4.79 Å². The summed E-state index contributed by atoms with van der Waals surface area (Å²) in [5.74, 6) is 0. The van der Waals surface area contributed by atoms with Gasteiger partial charge < -0.3 is 4.90 Å². The van der Waals surface area contributed by atoms with Crippen LogP contribution < -0.4 is 10.5 Å². The molecular weight excluding hydrogens is 428 g/mol. The highest BCUT2D eigenvalue weighted by Crippen LogP contribution is 2.30. The highest BCUT2D eigenvalue weighted by molar-refractivity contribution is 9.11. The molecule has 0 radical (unpaired) electrons. The summed E-state index contributed by atoms with van der Waals surface area (Å²) in [5, 5.41) is 6.07. The number of anilines is 1. The smallest absolute Gasteiger partial charge is 0.285 e. The quantitative estimate of drug-likeness (QED) is 0.787. The van der Waals surface area contributed by atoms with Crippen molar-refractivity contribution in [1.29, 1.82) is 0 Å². The first kappa shape index (κ1) is 16.9. The molecule has 3 rings (SSSR count). The van der Waals surface area contributed by atoms with Crippen LogP contribution in [0, 0.1) is 0 Å². The van der Waals surface area contributed by atoms with E-state index in [9.17, 15) is 13.2 Å². The minimum absolute atomic E-state index is 0.0681. The molecule has 0 unspecified atom stereocenters. The summed E-state index contributed by atoms with van der Waals surface area (Å²) in [4.78, 5) is 13.4. The number of nitrogens with one attached hydrogen (secondary N) is 1. The van der Waals surface area contributed by atoms with Gasteiger partial charge in [0.2, 0.25) is 0 Å². The summed E-state index contributed by atoms with van der Waals surface area (Å²) in [7, 11) is -3.49. The van der Waals surface area contributed by atoms with Crippen molar-refractivity contribution in [2.24, 2.45) is 0 Å². The van der Waals surface area contributed by atoms with Crippen molar-refractivity contribution in [3.8, 4) is 0 Å². The number of aromatic amines is 1. The highest BCUT2D eigenvalue weighted by Gasteiger charge is 2.30.